The lowest BCUT2D eigenvalue weighted by Gasteiger charge is -2.26. The molecule has 1 aromatic rings. The van der Waals surface area contributed by atoms with Crippen LogP contribution in [0, 0.1) is 6.92 Å². The standard InChI is InChI=1S/C13H22N2S/c1-11(10-13-5-4-12(2)16-13)15-8-3-6-14-7-9-15/h4-5,11,14H,3,6-10H2,1-2H3. The normalized spacial score (nSPS) is 20.6. The van der Waals surface area contributed by atoms with Crippen molar-refractivity contribution in [3.05, 3.63) is 21.9 Å². The molecule has 1 unspecified atom stereocenters. The molecular weight excluding hydrogens is 216 g/mol. The second kappa shape index (κ2) is 5.80. The van der Waals surface area contributed by atoms with E-state index < -0.39 is 0 Å². The molecular formula is C13H22N2S. The van der Waals surface area contributed by atoms with Gasteiger partial charge in [0.05, 0.1) is 0 Å². The predicted octanol–water partition coefficient (Wildman–Crippen LogP) is 2.28. The van der Waals surface area contributed by atoms with Crippen molar-refractivity contribution in [2.24, 2.45) is 0 Å². The molecule has 1 aromatic heterocycles. The Morgan fingerprint density at radius 2 is 2.25 bits per heavy atom. The Labute approximate surface area is 103 Å². The Morgan fingerprint density at radius 3 is 3.00 bits per heavy atom. The molecule has 0 aromatic carbocycles. The molecule has 2 rings (SSSR count). The van der Waals surface area contributed by atoms with Crippen LogP contribution in [0.2, 0.25) is 0 Å². The van der Waals surface area contributed by atoms with Crippen LogP contribution < -0.4 is 5.32 Å². The summed E-state index contributed by atoms with van der Waals surface area (Å²) in [6, 6.07) is 5.20. The SMILES string of the molecule is Cc1ccc(CC(C)N2CCCNCC2)s1. The van der Waals surface area contributed by atoms with Crippen LogP contribution >= 0.6 is 11.3 Å². The van der Waals surface area contributed by atoms with Gasteiger partial charge in [-0.2, -0.15) is 0 Å². The maximum Gasteiger partial charge on any atom is 0.0116 e. The monoisotopic (exact) mass is 238 g/mol. The van der Waals surface area contributed by atoms with E-state index in [4.69, 9.17) is 0 Å². The molecule has 16 heavy (non-hydrogen) atoms. The number of rotatable bonds is 3. The van der Waals surface area contributed by atoms with E-state index in [-0.39, 0.29) is 0 Å². The Hall–Kier alpha value is -0.380. The second-order valence-corrected chi connectivity index (χ2v) is 6.08. The van der Waals surface area contributed by atoms with Crippen LogP contribution in [-0.4, -0.2) is 37.1 Å². The van der Waals surface area contributed by atoms with E-state index in [1.54, 1.807) is 0 Å². The first kappa shape index (κ1) is 12.1. The third kappa shape index (κ3) is 3.30. The molecule has 0 saturated carbocycles. The van der Waals surface area contributed by atoms with Gasteiger partial charge in [0.15, 0.2) is 0 Å². The number of aryl methyl sites for hydroxylation is 1. The molecule has 3 heteroatoms. The lowest BCUT2D eigenvalue weighted by molar-refractivity contribution is 0.222. The van der Waals surface area contributed by atoms with E-state index in [0.29, 0.717) is 6.04 Å². The fraction of sp³-hybridized carbons (Fsp3) is 0.692. The van der Waals surface area contributed by atoms with Gasteiger partial charge in [0.1, 0.15) is 0 Å². The van der Waals surface area contributed by atoms with Crippen molar-refractivity contribution in [1.82, 2.24) is 10.2 Å². The summed E-state index contributed by atoms with van der Waals surface area (Å²) in [5, 5.41) is 3.46. The van der Waals surface area contributed by atoms with E-state index in [1.165, 1.54) is 42.2 Å². The topological polar surface area (TPSA) is 15.3 Å². The molecule has 1 aliphatic heterocycles. The first-order chi connectivity index (χ1) is 7.75. The summed E-state index contributed by atoms with van der Waals surface area (Å²) in [5.41, 5.74) is 0. The lowest BCUT2D eigenvalue weighted by Crippen LogP contribution is -2.37. The smallest absolute Gasteiger partial charge is 0.0116 e. The minimum absolute atomic E-state index is 0.679. The van der Waals surface area contributed by atoms with Crippen LogP contribution in [0.15, 0.2) is 12.1 Å². The van der Waals surface area contributed by atoms with Crippen LogP contribution in [0.5, 0.6) is 0 Å². The molecule has 1 saturated heterocycles. The number of nitrogens with one attached hydrogen (secondary N) is 1. The molecule has 1 N–H and O–H groups in total. The van der Waals surface area contributed by atoms with E-state index in [2.05, 4.69) is 36.2 Å². The van der Waals surface area contributed by atoms with Gasteiger partial charge < -0.3 is 5.32 Å². The molecule has 1 atom stereocenters. The maximum absolute atomic E-state index is 3.46. The summed E-state index contributed by atoms with van der Waals surface area (Å²) in [5.74, 6) is 0. The van der Waals surface area contributed by atoms with Gasteiger partial charge in [0.25, 0.3) is 0 Å². The maximum atomic E-state index is 3.46. The van der Waals surface area contributed by atoms with Crippen LogP contribution in [0.1, 0.15) is 23.1 Å². The molecule has 0 bridgehead atoms. The summed E-state index contributed by atoms with van der Waals surface area (Å²) < 4.78 is 0. The average molecular weight is 238 g/mol. The summed E-state index contributed by atoms with van der Waals surface area (Å²) in [7, 11) is 0. The van der Waals surface area contributed by atoms with Crippen molar-refractivity contribution in [1.29, 1.82) is 0 Å². The van der Waals surface area contributed by atoms with Crippen LogP contribution in [-0.2, 0) is 6.42 Å². The van der Waals surface area contributed by atoms with Crippen molar-refractivity contribution in [2.75, 3.05) is 26.2 Å². The Kier molecular flexibility index (Phi) is 4.38. The van der Waals surface area contributed by atoms with Gasteiger partial charge in [-0.3, -0.25) is 4.90 Å². The van der Waals surface area contributed by atoms with Crippen LogP contribution in [0.25, 0.3) is 0 Å². The van der Waals surface area contributed by atoms with E-state index in [1.807, 2.05) is 11.3 Å². The van der Waals surface area contributed by atoms with Crippen molar-refractivity contribution in [3.63, 3.8) is 0 Å². The van der Waals surface area contributed by atoms with Gasteiger partial charge in [0.2, 0.25) is 0 Å². The zero-order valence-corrected chi connectivity index (χ0v) is 11.1. The van der Waals surface area contributed by atoms with Crippen molar-refractivity contribution >= 4 is 11.3 Å². The highest BCUT2D eigenvalue weighted by atomic mass is 32.1. The largest absolute Gasteiger partial charge is 0.315 e. The second-order valence-electron chi connectivity index (χ2n) is 4.71. The number of thiophene rings is 1. The summed E-state index contributed by atoms with van der Waals surface area (Å²) in [6.45, 7) is 9.33. The molecule has 1 fully saturated rings. The van der Waals surface area contributed by atoms with Crippen molar-refractivity contribution in [2.45, 2.75) is 32.7 Å². The minimum atomic E-state index is 0.679. The summed E-state index contributed by atoms with van der Waals surface area (Å²) in [4.78, 5) is 5.58. The zero-order valence-electron chi connectivity index (χ0n) is 10.3. The number of hydrogen-bond acceptors (Lipinski definition) is 3. The highest BCUT2D eigenvalue weighted by Gasteiger charge is 2.16. The third-order valence-electron chi connectivity index (χ3n) is 3.29. The van der Waals surface area contributed by atoms with Gasteiger partial charge in [-0.15, -0.1) is 11.3 Å². The molecule has 1 aliphatic rings. The van der Waals surface area contributed by atoms with Gasteiger partial charge >= 0.3 is 0 Å². The third-order valence-corrected chi connectivity index (χ3v) is 4.31. The van der Waals surface area contributed by atoms with Crippen molar-refractivity contribution < 1.29 is 0 Å². The molecule has 0 aliphatic carbocycles. The fourth-order valence-corrected chi connectivity index (χ4v) is 3.33. The number of hydrogen-bond donors (Lipinski definition) is 1. The molecule has 2 nitrogen and oxygen atoms in total. The molecule has 90 valence electrons. The Balaban J connectivity index is 1.88. The number of nitrogens with zero attached hydrogens (tertiary/aromatic N) is 1. The average Bonchev–Trinajstić information content (AvgIpc) is 2.56. The molecule has 2 heterocycles. The zero-order chi connectivity index (χ0) is 11.4. The summed E-state index contributed by atoms with van der Waals surface area (Å²) in [6.07, 6.45) is 2.49. The van der Waals surface area contributed by atoms with Crippen LogP contribution in [0.4, 0.5) is 0 Å². The van der Waals surface area contributed by atoms with E-state index >= 15 is 0 Å². The molecule has 0 amide bonds. The lowest BCUT2D eigenvalue weighted by atomic mass is 10.1. The highest BCUT2D eigenvalue weighted by Crippen LogP contribution is 2.18. The first-order valence-electron chi connectivity index (χ1n) is 6.26. The first-order valence-corrected chi connectivity index (χ1v) is 7.07. The van der Waals surface area contributed by atoms with Crippen molar-refractivity contribution in [3.8, 4) is 0 Å². The Bertz CT molecular complexity index is 313. The van der Waals surface area contributed by atoms with Gasteiger partial charge in [0, 0.05) is 28.9 Å². The van der Waals surface area contributed by atoms with E-state index in [0.717, 1.165) is 6.54 Å². The van der Waals surface area contributed by atoms with Crippen LogP contribution in [0.3, 0.4) is 0 Å². The highest BCUT2D eigenvalue weighted by molar-refractivity contribution is 7.11. The van der Waals surface area contributed by atoms with Gasteiger partial charge in [-0.1, -0.05) is 0 Å². The predicted molar refractivity (Wildman–Crippen MR) is 71.3 cm³/mol. The minimum Gasteiger partial charge on any atom is -0.315 e. The molecule has 0 radical (unpaired) electrons. The van der Waals surface area contributed by atoms with Gasteiger partial charge in [-0.25, -0.2) is 0 Å². The van der Waals surface area contributed by atoms with E-state index in [9.17, 15) is 0 Å². The Morgan fingerprint density at radius 1 is 1.38 bits per heavy atom. The fourth-order valence-electron chi connectivity index (χ4n) is 2.32. The summed E-state index contributed by atoms with van der Waals surface area (Å²) >= 11 is 1.94. The molecule has 0 spiro atoms. The van der Waals surface area contributed by atoms with Gasteiger partial charge in [-0.05, 0) is 51.9 Å². The quantitative estimate of drug-likeness (QED) is 0.869.